The lowest BCUT2D eigenvalue weighted by atomic mass is 10.00. The Morgan fingerprint density at radius 2 is 1.39 bits per heavy atom. The number of fused-ring (bicyclic) bond motifs is 1. The third-order valence-corrected chi connectivity index (χ3v) is 4.16. The van der Waals surface area contributed by atoms with Crippen LogP contribution in [0.1, 0.15) is 54.8 Å². The zero-order chi connectivity index (χ0) is 20.7. The van der Waals surface area contributed by atoms with Gasteiger partial charge in [-0.25, -0.2) is 0 Å². The smallest absolute Gasteiger partial charge is 0.255 e. The summed E-state index contributed by atoms with van der Waals surface area (Å²) in [6.45, 7) is 7.96. The van der Waals surface area contributed by atoms with Gasteiger partial charge in [-0.1, -0.05) is 70.5 Å². The molecule has 3 aromatic rings. The standard InChI is InChI=1S/C21H20N2O2.C3H8/c1-13(2)20(24)14-9-11-15(12-10-14)21(25)23-19-8-4-5-16-17(19)6-3-7-18(16)22;1-3-2/h3-13H,22H2,1-2H3,(H,23,25);3H2,1-2H3. The average Bonchev–Trinajstić information content (AvgIpc) is 2.69. The van der Waals surface area contributed by atoms with Crippen molar-refractivity contribution in [1.82, 2.24) is 0 Å². The molecule has 0 aliphatic rings. The van der Waals surface area contributed by atoms with Gasteiger partial charge in [0.15, 0.2) is 5.78 Å². The van der Waals surface area contributed by atoms with Crippen LogP contribution in [0, 0.1) is 5.92 Å². The number of hydrogen-bond acceptors (Lipinski definition) is 3. The van der Waals surface area contributed by atoms with E-state index in [-0.39, 0.29) is 17.6 Å². The maximum Gasteiger partial charge on any atom is 0.255 e. The fourth-order valence-corrected chi connectivity index (χ4v) is 2.76. The number of nitrogen functional groups attached to an aromatic ring is 1. The molecular formula is C24H28N2O2. The normalized spacial score (nSPS) is 10.3. The van der Waals surface area contributed by atoms with E-state index in [9.17, 15) is 9.59 Å². The van der Waals surface area contributed by atoms with Crippen LogP contribution in [0.15, 0.2) is 60.7 Å². The zero-order valence-corrected chi connectivity index (χ0v) is 17.0. The molecule has 0 heterocycles. The minimum atomic E-state index is -0.224. The summed E-state index contributed by atoms with van der Waals surface area (Å²) in [5.74, 6) is -0.226. The van der Waals surface area contributed by atoms with E-state index in [0.29, 0.717) is 22.5 Å². The minimum Gasteiger partial charge on any atom is -0.398 e. The third-order valence-electron chi connectivity index (χ3n) is 4.16. The van der Waals surface area contributed by atoms with E-state index in [1.54, 1.807) is 24.3 Å². The first-order valence-corrected chi connectivity index (χ1v) is 9.61. The van der Waals surface area contributed by atoms with Gasteiger partial charge >= 0.3 is 0 Å². The number of Topliss-reactive ketones (excluding diaryl/α,β-unsaturated/α-hetero) is 1. The largest absolute Gasteiger partial charge is 0.398 e. The molecule has 3 N–H and O–H groups in total. The molecule has 1 amide bonds. The van der Waals surface area contributed by atoms with Crippen LogP contribution in [0.2, 0.25) is 0 Å². The van der Waals surface area contributed by atoms with Crippen LogP contribution in [0.25, 0.3) is 10.8 Å². The van der Waals surface area contributed by atoms with Crippen LogP contribution in [0.4, 0.5) is 11.4 Å². The van der Waals surface area contributed by atoms with Crippen LogP contribution in [0.5, 0.6) is 0 Å². The predicted octanol–water partition coefficient (Wildman–Crippen LogP) is 5.93. The Bertz CT molecular complexity index is 960. The minimum absolute atomic E-state index is 0.0662. The molecule has 0 aliphatic carbocycles. The van der Waals surface area contributed by atoms with Gasteiger partial charge in [0.2, 0.25) is 0 Å². The van der Waals surface area contributed by atoms with Crippen LogP contribution in [0.3, 0.4) is 0 Å². The van der Waals surface area contributed by atoms with Crippen molar-refractivity contribution >= 4 is 33.8 Å². The Morgan fingerprint density at radius 1 is 0.857 bits per heavy atom. The Kier molecular flexibility index (Phi) is 7.33. The first kappa shape index (κ1) is 21.2. The molecule has 0 saturated carbocycles. The monoisotopic (exact) mass is 376 g/mol. The van der Waals surface area contributed by atoms with Crippen LogP contribution < -0.4 is 11.1 Å². The van der Waals surface area contributed by atoms with Gasteiger partial charge in [-0.05, 0) is 24.3 Å². The van der Waals surface area contributed by atoms with Crippen LogP contribution in [-0.2, 0) is 0 Å². The molecule has 3 rings (SSSR count). The molecule has 0 bridgehead atoms. The third kappa shape index (κ3) is 4.97. The van der Waals surface area contributed by atoms with E-state index in [2.05, 4.69) is 19.2 Å². The summed E-state index contributed by atoms with van der Waals surface area (Å²) in [5, 5.41) is 4.71. The van der Waals surface area contributed by atoms with Gasteiger partial charge < -0.3 is 11.1 Å². The molecular weight excluding hydrogens is 348 g/mol. The van der Waals surface area contributed by atoms with Gasteiger partial charge in [-0.15, -0.1) is 0 Å². The Hall–Kier alpha value is -3.14. The highest BCUT2D eigenvalue weighted by molar-refractivity contribution is 6.11. The maximum absolute atomic E-state index is 12.5. The number of carbonyl (C=O) groups is 2. The van der Waals surface area contributed by atoms with Gasteiger partial charge in [0.25, 0.3) is 5.91 Å². The van der Waals surface area contributed by atoms with E-state index < -0.39 is 0 Å². The molecule has 0 fully saturated rings. The fraction of sp³-hybridized carbons (Fsp3) is 0.250. The lowest BCUT2D eigenvalue weighted by Gasteiger charge is -2.10. The fourth-order valence-electron chi connectivity index (χ4n) is 2.76. The first-order valence-electron chi connectivity index (χ1n) is 9.61. The highest BCUT2D eigenvalue weighted by Gasteiger charge is 2.13. The number of rotatable bonds is 4. The second-order valence-corrected chi connectivity index (χ2v) is 7.01. The van der Waals surface area contributed by atoms with Gasteiger partial charge in [0.1, 0.15) is 0 Å². The predicted molar refractivity (Wildman–Crippen MR) is 118 cm³/mol. The van der Waals surface area contributed by atoms with E-state index in [1.165, 1.54) is 6.42 Å². The molecule has 146 valence electrons. The molecule has 0 spiro atoms. The summed E-state index contributed by atoms with van der Waals surface area (Å²) in [6, 6.07) is 18.0. The zero-order valence-electron chi connectivity index (χ0n) is 17.0. The second-order valence-electron chi connectivity index (χ2n) is 7.01. The Balaban J connectivity index is 0.000000878. The lowest BCUT2D eigenvalue weighted by Crippen LogP contribution is -2.13. The Labute approximate surface area is 166 Å². The second kappa shape index (κ2) is 9.70. The van der Waals surface area contributed by atoms with Gasteiger partial charge in [-0.2, -0.15) is 0 Å². The lowest BCUT2D eigenvalue weighted by molar-refractivity contribution is 0.0938. The van der Waals surface area contributed by atoms with Gasteiger partial charge in [0, 0.05) is 39.2 Å². The van der Waals surface area contributed by atoms with Crippen molar-refractivity contribution in [3.8, 4) is 0 Å². The number of anilines is 2. The van der Waals surface area contributed by atoms with E-state index in [4.69, 9.17) is 5.73 Å². The number of nitrogens with one attached hydrogen (secondary N) is 1. The van der Waals surface area contributed by atoms with Crippen molar-refractivity contribution in [2.75, 3.05) is 11.1 Å². The number of carbonyl (C=O) groups excluding carboxylic acids is 2. The molecule has 0 atom stereocenters. The molecule has 0 aliphatic heterocycles. The molecule has 0 aromatic heterocycles. The number of benzene rings is 3. The SMILES string of the molecule is CC(C)C(=O)c1ccc(C(=O)Nc2cccc3c(N)cccc23)cc1.CCC. The summed E-state index contributed by atoms with van der Waals surface area (Å²) in [7, 11) is 0. The van der Waals surface area contributed by atoms with E-state index >= 15 is 0 Å². The molecule has 28 heavy (non-hydrogen) atoms. The van der Waals surface area contributed by atoms with E-state index in [0.717, 1.165) is 10.8 Å². The Morgan fingerprint density at radius 3 is 2.00 bits per heavy atom. The highest BCUT2D eigenvalue weighted by Crippen LogP contribution is 2.27. The van der Waals surface area contributed by atoms with Crippen LogP contribution in [-0.4, -0.2) is 11.7 Å². The molecule has 3 aromatic carbocycles. The number of ketones is 1. The molecule has 0 saturated heterocycles. The van der Waals surface area contributed by atoms with Gasteiger partial charge in [-0.3, -0.25) is 9.59 Å². The number of nitrogens with two attached hydrogens (primary N) is 1. The van der Waals surface area contributed by atoms with Crippen molar-refractivity contribution in [3.63, 3.8) is 0 Å². The summed E-state index contributed by atoms with van der Waals surface area (Å²) in [4.78, 5) is 24.5. The quantitative estimate of drug-likeness (QED) is 0.438. The topological polar surface area (TPSA) is 72.2 Å². The highest BCUT2D eigenvalue weighted by atomic mass is 16.1. The summed E-state index contributed by atoms with van der Waals surface area (Å²) in [5.41, 5.74) is 8.49. The van der Waals surface area contributed by atoms with Crippen molar-refractivity contribution < 1.29 is 9.59 Å². The van der Waals surface area contributed by atoms with Gasteiger partial charge in [0.05, 0.1) is 0 Å². The van der Waals surface area contributed by atoms with Crippen LogP contribution >= 0.6 is 0 Å². The molecule has 0 unspecified atom stereocenters. The maximum atomic E-state index is 12.5. The number of amides is 1. The number of hydrogen-bond donors (Lipinski definition) is 2. The molecule has 4 nitrogen and oxygen atoms in total. The summed E-state index contributed by atoms with van der Waals surface area (Å²) < 4.78 is 0. The molecule has 4 heteroatoms. The molecule has 0 radical (unpaired) electrons. The van der Waals surface area contributed by atoms with E-state index in [1.807, 2.05) is 50.2 Å². The van der Waals surface area contributed by atoms with Crippen molar-refractivity contribution in [1.29, 1.82) is 0 Å². The van der Waals surface area contributed by atoms with Crippen molar-refractivity contribution in [3.05, 3.63) is 71.8 Å². The van der Waals surface area contributed by atoms with Crippen molar-refractivity contribution in [2.24, 2.45) is 5.92 Å². The summed E-state index contributed by atoms with van der Waals surface area (Å²) in [6.07, 6.45) is 1.25. The summed E-state index contributed by atoms with van der Waals surface area (Å²) >= 11 is 0. The average molecular weight is 377 g/mol. The van der Waals surface area contributed by atoms with Crippen molar-refractivity contribution in [2.45, 2.75) is 34.1 Å². The first-order chi connectivity index (χ1) is 13.4.